The van der Waals surface area contributed by atoms with Crippen LogP contribution < -0.4 is 10.9 Å². The molecule has 0 unspecified atom stereocenters. The van der Waals surface area contributed by atoms with Gasteiger partial charge in [0, 0.05) is 11.1 Å². The van der Waals surface area contributed by atoms with Gasteiger partial charge in [-0.15, -0.1) is 11.3 Å². The Labute approximate surface area is 123 Å². The molecule has 19 heavy (non-hydrogen) atoms. The second-order valence-corrected chi connectivity index (χ2v) is 6.19. The highest BCUT2D eigenvalue weighted by molar-refractivity contribution is 9.10. The largest absolute Gasteiger partial charge is 0.376 e. The molecule has 0 aliphatic rings. The third kappa shape index (κ3) is 3.22. The predicted molar refractivity (Wildman–Crippen MR) is 80.8 cm³/mol. The summed E-state index contributed by atoms with van der Waals surface area (Å²) in [6.07, 6.45) is 1.66. The molecule has 1 N–H and O–H groups in total. The topological polar surface area (TPSA) is 59.8 Å². The quantitative estimate of drug-likeness (QED) is 0.927. The van der Waals surface area contributed by atoms with E-state index in [4.69, 9.17) is 0 Å². The number of hydrogen-bond donors (Lipinski definition) is 1. The maximum atomic E-state index is 12.0. The smallest absolute Gasteiger partial charge is 0.283 e. The van der Waals surface area contributed by atoms with E-state index in [2.05, 4.69) is 31.3 Å². The van der Waals surface area contributed by atoms with Crippen molar-refractivity contribution in [2.75, 3.05) is 5.32 Å². The second-order valence-electron chi connectivity index (χ2n) is 4.45. The number of aryl methyl sites for hydroxylation is 1. The molecule has 5 nitrogen and oxygen atoms in total. The van der Waals surface area contributed by atoms with Gasteiger partial charge in [0.15, 0.2) is 0 Å². The molecular formula is C12H15BrN4OS. The molecule has 2 rings (SSSR count). The first kappa shape index (κ1) is 14.2. The zero-order chi connectivity index (χ0) is 14.0. The monoisotopic (exact) mass is 342 g/mol. The molecule has 0 atom stereocenters. The summed E-state index contributed by atoms with van der Waals surface area (Å²) in [6.45, 7) is 6.39. The third-order valence-electron chi connectivity index (χ3n) is 2.53. The molecule has 2 heterocycles. The summed E-state index contributed by atoms with van der Waals surface area (Å²) < 4.78 is 1.95. The van der Waals surface area contributed by atoms with Crippen LogP contribution >= 0.6 is 27.3 Å². The first-order chi connectivity index (χ1) is 8.99. The van der Waals surface area contributed by atoms with Gasteiger partial charge in [0.2, 0.25) is 0 Å². The van der Waals surface area contributed by atoms with Crippen molar-refractivity contribution in [1.82, 2.24) is 14.8 Å². The molecule has 0 saturated carbocycles. The molecule has 0 amide bonds. The number of anilines is 1. The Bertz CT molecular complexity index is 635. The van der Waals surface area contributed by atoms with Crippen molar-refractivity contribution in [1.29, 1.82) is 0 Å². The fourth-order valence-electron chi connectivity index (χ4n) is 1.59. The highest BCUT2D eigenvalue weighted by Gasteiger charge is 2.11. The Morgan fingerprint density at radius 1 is 1.53 bits per heavy atom. The Hall–Kier alpha value is -1.21. The van der Waals surface area contributed by atoms with Crippen LogP contribution in [0.5, 0.6) is 0 Å². The summed E-state index contributed by atoms with van der Waals surface area (Å²) in [7, 11) is 0. The lowest BCUT2D eigenvalue weighted by Crippen LogP contribution is -2.26. The fourth-order valence-corrected chi connectivity index (χ4v) is 2.73. The SMILES string of the molecule is Cc1csc(CNc2cnn(C(C)C)c(=O)c2Br)n1. The zero-order valence-corrected chi connectivity index (χ0v) is 13.4. The van der Waals surface area contributed by atoms with Crippen LogP contribution in [0.25, 0.3) is 0 Å². The van der Waals surface area contributed by atoms with Gasteiger partial charge in [-0.25, -0.2) is 9.67 Å². The van der Waals surface area contributed by atoms with E-state index in [0.717, 1.165) is 10.7 Å². The van der Waals surface area contributed by atoms with Gasteiger partial charge in [-0.3, -0.25) is 4.79 Å². The minimum absolute atomic E-state index is 0.0412. The van der Waals surface area contributed by atoms with Crippen LogP contribution in [0.4, 0.5) is 5.69 Å². The lowest BCUT2D eigenvalue weighted by molar-refractivity contribution is 0.501. The van der Waals surface area contributed by atoms with Crippen LogP contribution in [0.3, 0.4) is 0 Å². The second kappa shape index (κ2) is 5.83. The van der Waals surface area contributed by atoms with E-state index < -0.39 is 0 Å². The van der Waals surface area contributed by atoms with E-state index in [0.29, 0.717) is 16.7 Å². The third-order valence-corrected chi connectivity index (χ3v) is 4.26. The summed E-state index contributed by atoms with van der Waals surface area (Å²) in [5, 5.41) is 10.3. The highest BCUT2D eigenvalue weighted by Crippen LogP contribution is 2.19. The van der Waals surface area contributed by atoms with Crippen molar-refractivity contribution in [3.05, 3.63) is 37.1 Å². The first-order valence-corrected chi connectivity index (χ1v) is 7.58. The minimum Gasteiger partial charge on any atom is -0.376 e. The van der Waals surface area contributed by atoms with Gasteiger partial charge < -0.3 is 5.32 Å². The average Bonchev–Trinajstić information content (AvgIpc) is 2.76. The van der Waals surface area contributed by atoms with E-state index >= 15 is 0 Å². The van der Waals surface area contributed by atoms with Crippen LogP contribution in [0.15, 0.2) is 20.8 Å². The van der Waals surface area contributed by atoms with Gasteiger partial charge >= 0.3 is 0 Å². The summed E-state index contributed by atoms with van der Waals surface area (Å²) >= 11 is 4.92. The number of aromatic nitrogens is 3. The summed E-state index contributed by atoms with van der Waals surface area (Å²) in [5.41, 5.74) is 1.57. The van der Waals surface area contributed by atoms with Gasteiger partial charge in [0.05, 0.1) is 24.5 Å². The van der Waals surface area contributed by atoms with Gasteiger partial charge in [0.1, 0.15) is 9.48 Å². The molecule has 102 valence electrons. The van der Waals surface area contributed by atoms with Crippen LogP contribution in [-0.2, 0) is 6.54 Å². The maximum absolute atomic E-state index is 12.0. The first-order valence-electron chi connectivity index (χ1n) is 5.91. The molecule has 0 spiro atoms. The molecule has 2 aromatic rings. The molecule has 7 heteroatoms. The molecule has 0 bridgehead atoms. The summed E-state index contributed by atoms with van der Waals surface area (Å²) in [5.74, 6) is 0. The van der Waals surface area contributed by atoms with E-state index in [1.807, 2.05) is 26.2 Å². The van der Waals surface area contributed by atoms with E-state index in [9.17, 15) is 4.79 Å². The Morgan fingerprint density at radius 3 is 2.84 bits per heavy atom. The van der Waals surface area contributed by atoms with E-state index in [1.54, 1.807) is 17.5 Å². The van der Waals surface area contributed by atoms with Crippen molar-refractivity contribution in [3.63, 3.8) is 0 Å². The molecule has 2 aromatic heterocycles. The molecular weight excluding hydrogens is 328 g/mol. The standard InChI is InChI=1S/C12H15BrN4OS/c1-7(2)17-12(18)11(13)9(4-15-17)14-5-10-16-8(3)6-19-10/h4,6-7,14H,5H2,1-3H3. The van der Waals surface area contributed by atoms with Crippen LogP contribution in [-0.4, -0.2) is 14.8 Å². The Balaban J connectivity index is 2.18. The minimum atomic E-state index is -0.129. The van der Waals surface area contributed by atoms with Gasteiger partial charge in [-0.2, -0.15) is 5.10 Å². The molecule has 0 fully saturated rings. The zero-order valence-electron chi connectivity index (χ0n) is 11.0. The van der Waals surface area contributed by atoms with Crippen molar-refractivity contribution in [3.8, 4) is 0 Å². The average molecular weight is 343 g/mol. The molecule has 0 saturated heterocycles. The van der Waals surface area contributed by atoms with Gasteiger partial charge in [0.25, 0.3) is 5.56 Å². The van der Waals surface area contributed by atoms with Crippen molar-refractivity contribution >= 4 is 33.0 Å². The lowest BCUT2D eigenvalue weighted by atomic mass is 10.4. The molecule has 0 aliphatic heterocycles. The maximum Gasteiger partial charge on any atom is 0.283 e. The molecule has 0 radical (unpaired) electrons. The lowest BCUT2D eigenvalue weighted by Gasteiger charge is -2.11. The van der Waals surface area contributed by atoms with E-state index in [1.165, 1.54) is 4.68 Å². The van der Waals surface area contributed by atoms with Gasteiger partial charge in [-0.05, 0) is 36.7 Å². The number of hydrogen-bond acceptors (Lipinski definition) is 5. The Kier molecular flexibility index (Phi) is 4.36. The number of thiazole rings is 1. The van der Waals surface area contributed by atoms with Gasteiger partial charge in [-0.1, -0.05) is 0 Å². The van der Waals surface area contributed by atoms with Crippen molar-refractivity contribution in [2.45, 2.75) is 33.4 Å². The van der Waals surface area contributed by atoms with E-state index in [-0.39, 0.29) is 11.6 Å². The Morgan fingerprint density at radius 2 is 2.26 bits per heavy atom. The van der Waals surface area contributed by atoms with Crippen LogP contribution in [0.1, 0.15) is 30.6 Å². The molecule has 0 aromatic carbocycles. The number of nitrogens with zero attached hydrogens (tertiary/aromatic N) is 3. The molecule has 0 aliphatic carbocycles. The summed E-state index contributed by atoms with van der Waals surface area (Å²) in [6, 6.07) is 0.0412. The number of rotatable bonds is 4. The summed E-state index contributed by atoms with van der Waals surface area (Å²) in [4.78, 5) is 16.4. The highest BCUT2D eigenvalue weighted by atomic mass is 79.9. The van der Waals surface area contributed by atoms with Crippen molar-refractivity contribution in [2.24, 2.45) is 0 Å². The number of nitrogens with one attached hydrogen (secondary N) is 1. The normalized spacial score (nSPS) is 11.0. The fraction of sp³-hybridized carbons (Fsp3) is 0.417. The van der Waals surface area contributed by atoms with Crippen molar-refractivity contribution < 1.29 is 0 Å². The number of halogens is 1. The predicted octanol–water partition coefficient (Wildman–Crippen LogP) is 2.96. The van der Waals surface area contributed by atoms with Crippen LogP contribution in [0, 0.1) is 6.92 Å². The van der Waals surface area contributed by atoms with Crippen LogP contribution in [0.2, 0.25) is 0 Å².